The van der Waals surface area contributed by atoms with Gasteiger partial charge in [0.05, 0.1) is 12.2 Å². The van der Waals surface area contributed by atoms with Crippen LogP contribution in [0.3, 0.4) is 0 Å². The normalized spacial score (nSPS) is 18.6. The lowest BCUT2D eigenvalue weighted by Gasteiger charge is -2.14. The van der Waals surface area contributed by atoms with E-state index < -0.39 is 23.0 Å². The Labute approximate surface area is 89.7 Å². The van der Waals surface area contributed by atoms with Gasteiger partial charge in [0.15, 0.2) is 0 Å². The molecule has 0 radical (unpaired) electrons. The zero-order valence-electron chi connectivity index (χ0n) is 8.31. The molecule has 1 aliphatic rings. The van der Waals surface area contributed by atoms with Crippen molar-refractivity contribution in [1.29, 1.82) is 0 Å². The quantitative estimate of drug-likeness (QED) is 0.780. The van der Waals surface area contributed by atoms with Gasteiger partial charge in [0, 0.05) is 5.41 Å². The van der Waals surface area contributed by atoms with Crippen LogP contribution in [0.25, 0.3) is 0 Å². The summed E-state index contributed by atoms with van der Waals surface area (Å²) in [6, 6.07) is 2.86. The summed E-state index contributed by atoms with van der Waals surface area (Å²) < 4.78 is 50.1. The molecule has 5 heteroatoms. The molecule has 0 amide bonds. The molecule has 0 aromatic heterocycles. The number of aliphatic hydroxyl groups excluding tert-OH is 1. The molecule has 16 heavy (non-hydrogen) atoms. The fraction of sp³-hybridized carbons (Fsp3) is 0.455. The highest BCUT2D eigenvalue weighted by Gasteiger charge is 2.44. The molecule has 0 saturated heterocycles. The van der Waals surface area contributed by atoms with E-state index in [0.29, 0.717) is 18.4 Å². The Morgan fingerprint density at radius 1 is 1.25 bits per heavy atom. The summed E-state index contributed by atoms with van der Waals surface area (Å²) in [5, 5.41) is 9.09. The first-order chi connectivity index (χ1) is 7.39. The van der Waals surface area contributed by atoms with Crippen LogP contribution in [0.1, 0.15) is 24.0 Å². The molecule has 1 aromatic rings. The lowest BCUT2D eigenvalue weighted by molar-refractivity contribution is -0.140. The molecule has 0 bridgehead atoms. The van der Waals surface area contributed by atoms with Crippen LogP contribution >= 0.6 is 0 Å². The third-order valence-corrected chi connectivity index (χ3v) is 3.04. The molecule has 1 N–H and O–H groups in total. The van der Waals surface area contributed by atoms with E-state index in [1.165, 1.54) is 6.07 Å². The third-order valence-electron chi connectivity index (χ3n) is 3.04. The van der Waals surface area contributed by atoms with Crippen molar-refractivity contribution in [3.8, 4) is 0 Å². The zero-order valence-corrected chi connectivity index (χ0v) is 8.31. The van der Waals surface area contributed by atoms with Crippen LogP contribution < -0.4 is 0 Å². The third kappa shape index (κ3) is 1.80. The molecular formula is C11H10F4O. The summed E-state index contributed by atoms with van der Waals surface area (Å²) in [4.78, 5) is 0. The van der Waals surface area contributed by atoms with Crippen molar-refractivity contribution in [3.63, 3.8) is 0 Å². The highest BCUT2D eigenvalue weighted by Crippen LogP contribution is 2.48. The highest BCUT2D eigenvalue weighted by molar-refractivity contribution is 5.35. The molecule has 1 saturated carbocycles. The fourth-order valence-corrected chi connectivity index (χ4v) is 1.76. The number of hydrogen-bond donors (Lipinski definition) is 1. The Morgan fingerprint density at radius 3 is 2.25 bits per heavy atom. The predicted molar refractivity (Wildman–Crippen MR) is 49.4 cm³/mol. The molecule has 2 rings (SSSR count). The molecule has 0 unspecified atom stereocenters. The van der Waals surface area contributed by atoms with Gasteiger partial charge in [0.2, 0.25) is 0 Å². The molecule has 0 atom stereocenters. The number of alkyl halides is 3. The first-order valence-electron chi connectivity index (χ1n) is 4.87. The van der Waals surface area contributed by atoms with Gasteiger partial charge in [0.1, 0.15) is 5.82 Å². The average Bonchev–Trinajstić information content (AvgIpc) is 2.96. The largest absolute Gasteiger partial charge is 0.419 e. The van der Waals surface area contributed by atoms with Crippen molar-refractivity contribution in [1.82, 2.24) is 0 Å². The minimum absolute atomic E-state index is 0.155. The average molecular weight is 234 g/mol. The van der Waals surface area contributed by atoms with Crippen LogP contribution in [0.5, 0.6) is 0 Å². The van der Waals surface area contributed by atoms with Crippen LogP contribution in [0, 0.1) is 5.82 Å². The number of benzene rings is 1. The van der Waals surface area contributed by atoms with E-state index >= 15 is 0 Å². The van der Waals surface area contributed by atoms with Crippen LogP contribution in [-0.2, 0) is 11.6 Å². The van der Waals surface area contributed by atoms with Gasteiger partial charge in [0.25, 0.3) is 0 Å². The van der Waals surface area contributed by atoms with E-state index in [0.717, 1.165) is 12.1 Å². The van der Waals surface area contributed by atoms with Gasteiger partial charge in [-0.25, -0.2) is 4.39 Å². The van der Waals surface area contributed by atoms with E-state index in [1.54, 1.807) is 0 Å². The second-order valence-corrected chi connectivity index (χ2v) is 4.13. The summed E-state index contributed by atoms with van der Waals surface area (Å²) in [5.74, 6) is -1.27. The van der Waals surface area contributed by atoms with E-state index in [2.05, 4.69) is 0 Å². The van der Waals surface area contributed by atoms with Gasteiger partial charge in [-0.05, 0) is 30.5 Å². The molecule has 88 valence electrons. The Hall–Kier alpha value is -1.10. The number of halogens is 4. The van der Waals surface area contributed by atoms with Crippen LogP contribution in [0.2, 0.25) is 0 Å². The molecule has 1 aromatic carbocycles. The van der Waals surface area contributed by atoms with Crippen molar-refractivity contribution < 1.29 is 22.7 Å². The number of rotatable bonds is 2. The standard InChI is InChI=1S/C11H10F4O/c12-9-5-7(10(6-16)3-4-10)1-2-8(9)11(13,14)15/h1-2,5,16H,3-4,6H2. The minimum atomic E-state index is -4.67. The van der Waals surface area contributed by atoms with Crippen LogP contribution in [0.15, 0.2) is 18.2 Å². The zero-order chi connectivity index (χ0) is 12.0. The Balaban J connectivity index is 2.37. The Bertz CT molecular complexity index is 407. The topological polar surface area (TPSA) is 20.2 Å². The lowest BCUT2D eigenvalue weighted by atomic mass is 9.95. The van der Waals surface area contributed by atoms with E-state index in [4.69, 9.17) is 5.11 Å². The first-order valence-corrected chi connectivity index (χ1v) is 4.87. The Morgan fingerprint density at radius 2 is 1.88 bits per heavy atom. The fourth-order valence-electron chi connectivity index (χ4n) is 1.76. The van der Waals surface area contributed by atoms with Gasteiger partial charge in [-0.2, -0.15) is 13.2 Å². The molecule has 0 aliphatic heterocycles. The van der Waals surface area contributed by atoms with Crippen molar-refractivity contribution in [2.75, 3.05) is 6.61 Å². The summed E-state index contributed by atoms with van der Waals surface area (Å²) in [6.45, 7) is -0.155. The van der Waals surface area contributed by atoms with Crippen molar-refractivity contribution in [2.24, 2.45) is 0 Å². The minimum Gasteiger partial charge on any atom is -0.395 e. The predicted octanol–water partition coefficient (Wildman–Crippen LogP) is 2.87. The summed E-state index contributed by atoms with van der Waals surface area (Å²) in [7, 11) is 0. The van der Waals surface area contributed by atoms with Crippen LogP contribution in [0.4, 0.5) is 17.6 Å². The first kappa shape index (κ1) is 11.4. The van der Waals surface area contributed by atoms with Gasteiger partial charge < -0.3 is 5.11 Å². The molecule has 0 heterocycles. The summed E-state index contributed by atoms with van der Waals surface area (Å²) >= 11 is 0. The molecule has 1 fully saturated rings. The second-order valence-electron chi connectivity index (χ2n) is 4.13. The van der Waals surface area contributed by atoms with Gasteiger partial charge in [-0.3, -0.25) is 0 Å². The second kappa shape index (κ2) is 3.45. The molecular weight excluding hydrogens is 224 g/mol. The van der Waals surface area contributed by atoms with E-state index in [-0.39, 0.29) is 6.61 Å². The monoisotopic (exact) mass is 234 g/mol. The smallest absolute Gasteiger partial charge is 0.395 e. The maximum absolute atomic E-state index is 13.2. The van der Waals surface area contributed by atoms with E-state index in [1.807, 2.05) is 0 Å². The summed E-state index contributed by atoms with van der Waals surface area (Å²) in [6.07, 6.45) is -3.29. The Kier molecular flexibility index (Phi) is 2.45. The van der Waals surface area contributed by atoms with E-state index in [9.17, 15) is 17.6 Å². The molecule has 0 spiro atoms. The maximum atomic E-state index is 13.2. The molecule has 1 aliphatic carbocycles. The van der Waals surface area contributed by atoms with Gasteiger partial charge >= 0.3 is 6.18 Å². The van der Waals surface area contributed by atoms with Crippen molar-refractivity contribution in [3.05, 3.63) is 35.1 Å². The van der Waals surface area contributed by atoms with Crippen LogP contribution in [-0.4, -0.2) is 11.7 Å². The lowest BCUT2D eigenvalue weighted by Crippen LogP contribution is -2.14. The number of aliphatic hydroxyl groups is 1. The van der Waals surface area contributed by atoms with Crippen molar-refractivity contribution in [2.45, 2.75) is 24.4 Å². The van der Waals surface area contributed by atoms with Gasteiger partial charge in [-0.15, -0.1) is 0 Å². The van der Waals surface area contributed by atoms with Crippen molar-refractivity contribution >= 4 is 0 Å². The SMILES string of the molecule is OCC1(c2ccc(C(F)(F)F)c(F)c2)CC1. The highest BCUT2D eigenvalue weighted by atomic mass is 19.4. The maximum Gasteiger partial charge on any atom is 0.419 e. The molecule has 1 nitrogen and oxygen atoms in total. The number of hydrogen-bond acceptors (Lipinski definition) is 1. The summed E-state index contributed by atoms with van der Waals surface area (Å²) in [5.41, 5.74) is -1.32. The van der Waals surface area contributed by atoms with Gasteiger partial charge in [-0.1, -0.05) is 6.07 Å².